The summed E-state index contributed by atoms with van der Waals surface area (Å²) in [6, 6.07) is 8.14. The number of ether oxygens (including phenoxy) is 2. The van der Waals surface area contributed by atoms with Crippen molar-refractivity contribution < 1.29 is 9.47 Å². The Balaban J connectivity index is 2.23. The van der Waals surface area contributed by atoms with E-state index in [2.05, 4.69) is 22.9 Å². The minimum Gasteiger partial charge on any atom is -0.497 e. The highest BCUT2D eigenvalue weighted by Crippen LogP contribution is 2.22. The second-order valence-electron chi connectivity index (χ2n) is 4.21. The molecule has 2 rings (SSSR count). The van der Waals surface area contributed by atoms with Gasteiger partial charge in [0, 0.05) is 30.3 Å². The van der Waals surface area contributed by atoms with Gasteiger partial charge in [0.2, 0.25) is 0 Å². The van der Waals surface area contributed by atoms with E-state index >= 15 is 0 Å². The third kappa shape index (κ3) is 2.66. The highest BCUT2D eigenvalue weighted by molar-refractivity contribution is 5.81. The van der Waals surface area contributed by atoms with Crippen LogP contribution in [-0.4, -0.2) is 30.9 Å². The summed E-state index contributed by atoms with van der Waals surface area (Å²) in [5, 5.41) is 1.17. The van der Waals surface area contributed by atoms with E-state index in [1.807, 2.05) is 19.1 Å². The van der Waals surface area contributed by atoms with E-state index in [1.54, 1.807) is 7.11 Å². The first-order valence-electron chi connectivity index (χ1n) is 6.23. The normalized spacial score (nSPS) is 12.8. The van der Waals surface area contributed by atoms with Gasteiger partial charge in [-0.25, -0.2) is 0 Å². The van der Waals surface area contributed by atoms with E-state index in [-0.39, 0.29) is 6.10 Å². The van der Waals surface area contributed by atoms with E-state index < -0.39 is 0 Å². The van der Waals surface area contributed by atoms with Crippen molar-refractivity contribution in [3.8, 4) is 5.75 Å². The van der Waals surface area contributed by atoms with Crippen LogP contribution in [0.25, 0.3) is 10.9 Å². The number of nitrogens with two attached hydrogens (primary N) is 1. The third-order valence-electron chi connectivity index (χ3n) is 3.04. The number of nitrogens with zero attached hydrogens (tertiary/aromatic N) is 1. The summed E-state index contributed by atoms with van der Waals surface area (Å²) in [6.45, 7) is 3.99. The second kappa shape index (κ2) is 5.89. The van der Waals surface area contributed by atoms with Gasteiger partial charge in [-0.2, -0.15) is 0 Å². The molecule has 18 heavy (non-hydrogen) atoms. The van der Waals surface area contributed by atoms with Gasteiger partial charge in [0.05, 0.1) is 19.8 Å². The SMILES string of the molecule is CCOC(CN)Cn1ccc2cc(OC)ccc21. The molecule has 98 valence electrons. The van der Waals surface area contributed by atoms with Crippen molar-refractivity contribution in [2.45, 2.75) is 19.6 Å². The van der Waals surface area contributed by atoms with Crippen molar-refractivity contribution >= 4 is 10.9 Å². The van der Waals surface area contributed by atoms with Crippen LogP contribution in [-0.2, 0) is 11.3 Å². The Labute approximate surface area is 107 Å². The number of hydrogen-bond acceptors (Lipinski definition) is 3. The van der Waals surface area contributed by atoms with Crippen molar-refractivity contribution in [3.05, 3.63) is 30.5 Å². The first-order valence-corrected chi connectivity index (χ1v) is 6.23. The first kappa shape index (κ1) is 12.9. The molecule has 1 unspecified atom stereocenters. The molecule has 1 heterocycles. The fourth-order valence-corrected chi connectivity index (χ4v) is 2.11. The fourth-order valence-electron chi connectivity index (χ4n) is 2.11. The largest absolute Gasteiger partial charge is 0.497 e. The molecular formula is C14H20N2O2. The maximum Gasteiger partial charge on any atom is 0.119 e. The Morgan fingerprint density at radius 3 is 2.83 bits per heavy atom. The second-order valence-corrected chi connectivity index (χ2v) is 4.21. The summed E-state index contributed by atoms with van der Waals surface area (Å²) in [7, 11) is 1.68. The van der Waals surface area contributed by atoms with Gasteiger partial charge in [0.1, 0.15) is 5.75 Å². The highest BCUT2D eigenvalue weighted by atomic mass is 16.5. The molecule has 4 heteroatoms. The minimum atomic E-state index is 0.0627. The molecule has 0 bridgehead atoms. The molecule has 0 spiro atoms. The van der Waals surface area contributed by atoms with Gasteiger partial charge in [-0.15, -0.1) is 0 Å². The number of hydrogen-bond donors (Lipinski definition) is 1. The van der Waals surface area contributed by atoms with Crippen molar-refractivity contribution in [2.75, 3.05) is 20.3 Å². The lowest BCUT2D eigenvalue weighted by Crippen LogP contribution is -2.28. The average molecular weight is 248 g/mol. The van der Waals surface area contributed by atoms with Crippen LogP contribution in [0.3, 0.4) is 0 Å². The summed E-state index contributed by atoms with van der Waals surface area (Å²) in [4.78, 5) is 0. The Morgan fingerprint density at radius 1 is 1.33 bits per heavy atom. The smallest absolute Gasteiger partial charge is 0.119 e. The number of benzene rings is 1. The summed E-state index contributed by atoms with van der Waals surface area (Å²) >= 11 is 0. The molecule has 2 N–H and O–H groups in total. The molecule has 4 nitrogen and oxygen atoms in total. The maximum atomic E-state index is 5.71. The van der Waals surface area contributed by atoms with Gasteiger partial charge in [-0.05, 0) is 31.2 Å². The van der Waals surface area contributed by atoms with E-state index in [4.69, 9.17) is 15.2 Å². The quantitative estimate of drug-likeness (QED) is 0.850. The average Bonchev–Trinajstić information content (AvgIpc) is 2.80. The number of rotatable bonds is 6. The van der Waals surface area contributed by atoms with Crippen LogP contribution in [0.1, 0.15) is 6.92 Å². The van der Waals surface area contributed by atoms with Crippen LogP contribution < -0.4 is 10.5 Å². The number of aromatic nitrogens is 1. The van der Waals surface area contributed by atoms with E-state index in [0.29, 0.717) is 13.2 Å². The monoisotopic (exact) mass is 248 g/mol. The lowest BCUT2D eigenvalue weighted by Gasteiger charge is -2.16. The van der Waals surface area contributed by atoms with Crippen molar-refractivity contribution in [3.63, 3.8) is 0 Å². The van der Waals surface area contributed by atoms with E-state index in [0.717, 1.165) is 12.3 Å². The van der Waals surface area contributed by atoms with E-state index in [9.17, 15) is 0 Å². The van der Waals surface area contributed by atoms with Gasteiger partial charge in [0.25, 0.3) is 0 Å². The Kier molecular flexibility index (Phi) is 4.23. The zero-order valence-corrected chi connectivity index (χ0v) is 10.9. The minimum absolute atomic E-state index is 0.0627. The molecule has 0 saturated heterocycles. The first-order chi connectivity index (χ1) is 8.78. The lowest BCUT2D eigenvalue weighted by atomic mass is 10.2. The van der Waals surface area contributed by atoms with Gasteiger partial charge < -0.3 is 19.8 Å². The molecule has 1 aromatic carbocycles. The van der Waals surface area contributed by atoms with Crippen LogP contribution in [0, 0.1) is 0 Å². The topological polar surface area (TPSA) is 49.4 Å². The molecule has 0 aliphatic rings. The predicted molar refractivity (Wildman–Crippen MR) is 73.0 cm³/mol. The lowest BCUT2D eigenvalue weighted by molar-refractivity contribution is 0.0576. The van der Waals surface area contributed by atoms with Gasteiger partial charge in [0.15, 0.2) is 0 Å². The van der Waals surface area contributed by atoms with Crippen molar-refractivity contribution in [1.82, 2.24) is 4.57 Å². The molecule has 0 aliphatic carbocycles. The Morgan fingerprint density at radius 2 is 2.17 bits per heavy atom. The molecule has 0 fully saturated rings. The van der Waals surface area contributed by atoms with Crippen molar-refractivity contribution in [2.24, 2.45) is 5.73 Å². The van der Waals surface area contributed by atoms with Gasteiger partial charge >= 0.3 is 0 Å². The summed E-state index contributed by atoms with van der Waals surface area (Å²) < 4.78 is 13.0. The van der Waals surface area contributed by atoms with E-state index in [1.165, 1.54) is 10.9 Å². The number of fused-ring (bicyclic) bond motifs is 1. The maximum absolute atomic E-state index is 5.71. The summed E-state index contributed by atoms with van der Waals surface area (Å²) in [5.41, 5.74) is 6.88. The van der Waals surface area contributed by atoms with Crippen LogP contribution >= 0.6 is 0 Å². The van der Waals surface area contributed by atoms with Crippen LogP contribution in [0.15, 0.2) is 30.5 Å². The van der Waals surface area contributed by atoms with Crippen LogP contribution in [0.4, 0.5) is 0 Å². The molecule has 0 aliphatic heterocycles. The zero-order valence-electron chi connectivity index (χ0n) is 10.9. The molecule has 1 atom stereocenters. The van der Waals surface area contributed by atoms with Crippen LogP contribution in [0.2, 0.25) is 0 Å². The molecule has 1 aromatic heterocycles. The summed E-state index contributed by atoms with van der Waals surface area (Å²) in [5.74, 6) is 0.875. The third-order valence-corrected chi connectivity index (χ3v) is 3.04. The van der Waals surface area contributed by atoms with Gasteiger partial charge in [-0.1, -0.05) is 0 Å². The Bertz CT molecular complexity index is 507. The standard InChI is InChI=1S/C14H20N2O2/c1-3-18-13(9-15)10-16-7-6-11-8-12(17-2)4-5-14(11)16/h4-8,13H,3,9-10,15H2,1-2H3. The summed E-state index contributed by atoms with van der Waals surface area (Å²) in [6.07, 6.45) is 2.12. The zero-order chi connectivity index (χ0) is 13.0. The number of methoxy groups -OCH3 is 1. The van der Waals surface area contributed by atoms with Crippen molar-refractivity contribution in [1.29, 1.82) is 0 Å². The molecule has 0 radical (unpaired) electrons. The van der Waals surface area contributed by atoms with Crippen LogP contribution in [0.5, 0.6) is 5.75 Å². The highest BCUT2D eigenvalue weighted by Gasteiger charge is 2.09. The molecule has 0 amide bonds. The molecular weight excluding hydrogens is 228 g/mol. The Hall–Kier alpha value is -1.52. The van der Waals surface area contributed by atoms with Gasteiger partial charge in [-0.3, -0.25) is 0 Å². The predicted octanol–water partition coefficient (Wildman–Crippen LogP) is 2.01. The molecule has 2 aromatic rings. The molecule has 0 saturated carbocycles. The fraction of sp³-hybridized carbons (Fsp3) is 0.429.